The van der Waals surface area contributed by atoms with Crippen molar-refractivity contribution in [2.45, 2.75) is 60.5 Å². The Morgan fingerprint density at radius 3 is 1.92 bits per heavy atom. The van der Waals surface area contributed by atoms with Crippen molar-refractivity contribution >= 4 is 17.9 Å². The third kappa shape index (κ3) is 5.52. The van der Waals surface area contributed by atoms with E-state index in [0.29, 0.717) is 5.70 Å². The molecule has 4 nitrogen and oxygen atoms in total. The number of carbonyl (C=O) groups is 2. The van der Waals surface area contributed by atoms with Gasteiger partial charge in [0.1, 0.15) is 5.70 Å². The molecule has 0 spiro atoms. The first kappa shape index (κ1) is 19.9. The second-order valence-corrected chi connectivity index (χ2v) is 7.57. The van der Waals surface area contributed by atoms with Crippen LogP contribution in [-0.4, -0.2) is 28.8 Å². The number of benzene rings is 1. The molecule has 0 aromatic heterocycles. The van der Waals surface area contributed by atoms with Gasteiger partial charge in [0.05, 0.1) is 0 Å². The Morgan fingerprint density at radius 1 is 1.00 bits per heavy atom. The topological polar surface area (TPSA) is 49.4 Å². The molecule has 0 saturated heterocycles. The first-order valence-corrected chi connectivity index (χ1v) is 8.45. The number of hydrogen-bond acceptors (Lipinski definition) is 2. The fraction of sp³-hybridized carbons (Fsp3) is 0.500. The van der Waals surface area contributed by atoms with Crippen molar-refractivity contribution in [3.05, 3.63) is 41.6 Å². The van der Waals surface area contributed by atoms with E-state index < -0.39 is 5.41 Å². The van der Waals surface area contributed by atoms with E-state index in [1.165, 1.54) is 0 Å². The van der Waals surface area contributed by atoms with Crippen LogP contribution in [0.15, 0.2) is 36.0 Å². The first-order chi connectivity index (χ1) is 11.0. The van der Waals surface area contributed by atoms with Crippen molar-refractivity contribution < 1.29 is 9.59 Å². The number of nitrogens with zero attached hydrogens (tertiary/aromatic N) is 1. The lowest BCUT2D eigenvalue weighted by atomic mass is 9.95. The van der Waals surface area contributed by atoms with Crippen LogP contribution in [-0.2, 0) is 9.59 Å². The van der Waals surface area contributed by atoms with Crippen molar-refractivity contribution in [1.82, 2.24) is 10.2 Å². The summed E-state index contributed by atoms with van der Waals surface area (Å²) in [5.41, 5.74) is 0.613. The maximum atomic E-state index is 13.0. The van der Waals surface area contributed by atoms with Crippen LogP contribution < -0.4 is 5.32 Å². The molecule has 1 aromatic rings. The summed E-state index contributed by atoms with van der Waals surface area (Å²) in [6.07, 6.45) is 1.74. The summed E-state index contributed by atoms with van der Waals surface area (Å²) in [6, 6.07) is 9.63. The predicted molar refractivity (Wildman–Crippen MR) is 99.1 cm³/mol. The summed E-state index contributed by atoms with van der Waals surface area (Å²) in [5, 5.41) is 2.83. The summed E-state index contributed by atoms with van der Waals surface area (Å²) in [6.45, 7) is 13.4. The standard InChI is InChI=1S/C20H30N2O2/c1-14(2)22(15(3)4)18(23)17(21-19(24)20(5,6)7)13-16-11-9-8-10-12-16/h8-15H,1-7H3,(H,21,24)/b17-13+. The van der Waals surface area contributed by atoms with Crippen molar-refractivity contribution in [2.24, 2.45) is 5.41 Å². The highest BCUT2D eigenvalue weighted by Gasteiger charge is 2.28. The van der Waals surface area contributed by atoms with E-state index in [0.717, 1.165) is 5.56 Å². The van der Waals surface area contributed by atoms with Gasteiger partial charge in [0.2, 0.25) is 5.91 Å². The van der Waals surface area contributed by atoms with Gasteiger partial charge >= 0.3 is 0 Å². The fourth-order valence-electron chi connectivity index (χ4n) is 2.38. The number of nitrogens with one attached hydrogen (secondary N) is 1. The number of amides is 2. The molecule has 0 fully saturated rings. The molecular weight excluding hydrogens is 300 g/mol. The molecule has 0 heterocycles. The Balaban J connectivity index is 3.25. The lowest BCUT2D eigenvalue weighted by Gasteiger charge is -2.32. The molecule has 1 aromatic carbocycles. The Kier molecular flexibility index (Phi) is 6.76. The lowest BCUT2D eigenvalue weighted by Crippen LogP contribution is -2.47. The molecule has 1 rings (SSSR count). The van der Waals surface area contributed by atoms with Gasteiger partial charge in [0.15, 0.2) is 0 Å². The van der Waals surface area contributed by atoms with Crippen LogP contribution in [0, 0.1) is 5.41 Å². The first-order valence-electron chi connectivity index (χ1n) is 8.45. The van der Waals surface area contributed by atoms with E-state index in [9.17, 15) is 9.59 Å². The molecule has 0 saturated carbocycles. The highest BCUT2D eigenvalue weighted by atomic mass is 16.2. The van der Waals surface area contributed by atoms with Crippen molar-refractivity contribution in [1.29, 1.82) is 0 Å². The van der Waals surface area contributed by atoms with E-state index in [1.54, 1.807) is 11.0 Å². The SMILES string of the molecule is CC(C)N(C(=O)/C(=C\c1ccccc1)NC(=O)C(C)(C)C)C(C)C. The Morgan fingerprint density at radius 2 is 1.50 bits per heavy atom. The number of hydrogen-bond donors (Lipinski definition) is 1. The minimum absolute atomic E-state index is 0.0446. The minimum Gasteiger partial charge on any atom is -0.333 e. The van der Waals surface area contributed by atoms with Gasteiger partial charge in [-0.1, -0.05) is 51.1 Å². The second-order valence-electron chi connectivity index (χ2n) is 7.57. The van der Waals surface area contributed by atoms with Gasteiger partial charge in [-0.05, 0) is 39.3 Å². The number of carbonyl (C=O) groups excluding carboxylic acids is 2. The molecule has 0 aliphatic carbocycles. The summed E-state index contributed by atoms with van der Waals surface area (Å²) >= 11 is 0. The molecule has 0 radical (unpaired) electrons. The average molecular weight is 330 g/mol. The highest BCUT2D eigenvalue weighted by molar-refractivity contribution is 6.02. The summed E-state index contributed by atoms with van der Waals surface area (Å²) in [7, 11) is 0. The van der Waals surface area contributed by atoms with E-state index in [1.807, 2.05) is 78.8 Å². The van der Waals surface area contributed by atoms with Crippen molar-refractivity contribution in [2.75, 3.05) is 0 Å². The largest absolute Gasteiger partial charge is 0.333 e. The fourth-order valence-corrected chi connectivity index (χ4v) is 2.38. The third-order valence-corrected chi connectivity index (χ3v) is 3.62. The number of rotatable bonds is 5. The zero-order valence-electron chi connectivity index (χ0n) is 15.9. The van der Waals surface area contributed by atoms with Crippen LogP contribution in [0.2, 0.25) is 0 Å². The monoisotopic (exact) mass is 330 g/mol. The second kappa shape index (κ2) is 8.13. The Bertz CT molecular complexity index is 588. The summed E-state index contributed by atoms with van der Waals surface area (Å²) < 4.78 is 0. The molecule has 0 aliphatic rings. The summed E-state index contributed by atoms with van der Waals surface area (Å²) in [4.78, 5) is 27.2. The van der Waals surface area contributed by atoms with E-state index in [4.69, 9.17) is 0 Å². The highest BCUT2D eigenvalue weighted by Crippen LogP contribution is 2.17. The van der Waals surface area contributed by atoms with Gasteiger partial charge in [-0.2, -0.15) is 0 Å². The molecule has 0 unspecified atom stereocenters. The predicted octanol–water partition coefficient (Wildman–Crippen LogP) is 3.84. The Hall–Kier alpha value is -2.10. The summed E-state index contributed by atoms with van der Waals surface area (Å²) in [5.74, 6) is -0.341. The van der Waals surface area contributed by atoms with Crippen LogP contribution >= 0.6 is 0 Å². The molecule has 0 aliphatic heterocycles. The van der Waals surface area contributed by atoms with Gasteiger partial charge in [-0.3, -0.25) is 9.59 Å². The maximum Gasteiger partial charge on any atom is 0.270 e. The molecular formula is C20H30N2O2. The average Bonchev–Trinajstić information content (AvgIpc) is 2.45. The van der Waals surface area contributed by atoms with Gasteiger partial charge in [0.25, 0.3) is 5.91 Å². The normalized spacial score (nSPS) is 12.5. The van der Waals surface area contributed by atoms with E-state index in [-0.39, 0.29) is 23.9 Å². The quantitative estimate of drug-likeness (QED) is 0.834. The van der Waals surface area contributed by atoms with Crippen LogP contribution in [0.5, 0.6) is 0 Å². The van der Waals surface area contributed by atoms with Crippen LogP contribution in [0.3, 0.4) is 0 Å². The Labute approximate surface area is 145 Å². The van der Waals surface area contributed by atoms with Crippen LogP contribution in [0.25, 0.3) is 6.08 Å². The molecule has 4 heteroatoms. The third-order valence-electron chi connectivity index (χ3n) is 3.62. The molecule has 2 amide bonds. The zero-order valence-corrected chi connectivity index (χ0v) is 15.9. The van der Waals surface area contributed by atoms with Gasteiger partial charge in [0, 0.05) is 17.5 Å². The zero-order chi connectivity index (χ0) is 18.5. The maximum absolute atomic E-state index is 13.0. The van der Waals surface area contributed by atoms with Gasteiger partial charge in [-0.25, -0.2) is 0 Å². The van der Waals surface area contributed by atoms with Crippen molar-refractivity contribution in [3.8, 4) is 0 Å². The van der Waals surface area contributed by atoms with E-state index in [2.05, 4.69) is 5.32 Å². The van der Waals surface area contributed by atoms with Gasteiger partial charge in [-0.15, -0.1) is 0 Å². The smallest absolute Gasteiger partial charge is 0.270 e. The lowest BCUT2D eigenvalue weighted by molar-refractivity contribution is -0.134. The molecule has 0 atom stereocenters. The molecule has 1 N–H and O–H groups in total. The van der Waals surface area contributed by atoms with Gasteiger partial charge < -0.3 is 10.2 Å². The molecule has 0 bridgehead atoms. The van der Waals surface area contributed by atoms with Crippen LogP contribution in [0.4, 0.5) is 0 Å². The molecule has 24 heavy (non-hydrogen) atoms. The minimum atomic E-state index is -0.573. The van der Waals surface area contributed by atoms with Crippen LogP contribution in [0.1, 0.15) is 54.0 Å². The van der Waals surface area contributed by atoms with Crippen molar-refractivity contribution in [3.63, 3.8) is 0 Å². The molecule has 132 valence electrons. The van der Waals surface area contributed by atoms with E-state index >= 15 is 0 Å².